The van der Waals surface area contributed by atoms with Crippen LogP contribution in [0, 0.1) is 0 Å². The van der Waals surface area contributed by atoms with Crippen LogP contribution in [0.25, 0.3) is 0 Å². The van der Waals surface area contributed by atoms with Crippen LogP contribution in [-0.2, 0) is 11.3 Å². The number of halogens is 1. The van der Waals surface area contributed by atoms with E-state index in [0.717, 1.165) is 31.2 Å². The molecule has 4 N–H and O–H groups in total. The number of nitrogens with one attached hydrogen (secondary N) is 2. The van der Waals surface area contributed by atoms with E-state index in [1.54, 1.807) is 13.1 Å². The summed E-state index contributed by atoms with van der Waals surface area (Å²) in [5.41, 5.74) is 7.43. The summed E-state index contributed by atoms with van der Waals surface area (Å²) >= 11 is 0. The molecule has 0 aliphatic heterocycles. The summed E-state index contributed by atoms with van der Waals surface area (Å²) in [7, 11) is 1.76. The smallest absolute Gasteiger partial charge is 0.255 e. The van der Waals surface area contributed by atoms with Crippen molar-refractivity contribution >= 4 is 35.8 Å². The standard InChI is InChI=1S/C23H33N5O2.HI/c1-4-28(5-2)21(19-11-7-6-8-12-19)16-27-23(25-3)26-15-18-10-9-13-20(14-18)30-17-22(24)29;/h6-14,21H,4-5,15-17H2,1-3H3,(H2,24,29)(H2,25,26,27);1H. The molecule has 1 unspecified atom stereocenters. The van der Waals surface area contributed by atoms with Crippen molar-refractivity contribution in [1.29, 1.82) is 0 Å². The zero-order chi connectivity index (χ0) is 21.8. The SMILES string of the molecule is CCN(CC)C(CNC(=NC)NCc1cccc(OCC(N)=O)c1)c1ccccc1.I. The lowest BCUT2D eigenvalue weighted by Gasteiger charge is -2.30. The molecule has 1 amide bonds. The number of nitrogens with two attached hydrogens (primary N) is 1. The van der Waals surface area contributed by atoms with Crippen molar-refractivity contribution in [2.75, 3.05) is 33.3 Å². The molecule has 2 rings (SSSR count). The molecule has 0 aliphatic rings. The predicted molar refractivity (Wildman–Crippen MR) is 137 cm³/mol. The lowest BCUT2D eigenvalue weighted by Crippen LogP contribution is -2.43. The third-order valence-electron chi connectivity index (χ3n) is 4.86. The van der Waals surface area contributed by atoms with Gasteiger partial charge in [-0.25, -0.2) is 0 Å². The highest BCUT2D eigenvalue weighted by molar-refractivity contribution is 14.0. The molecule has 0 bridgehead atoms. The Morgan fingerprint density at radius 1 is 1.10 bits per heavy atom. The molecule has 0 saturated heterocycles. The Morgan fingerprint density at radius 3 is 2.42 bits per heavy atom. The van der Waals surface area contributed by atoms with Crippen LogP contribution in [0.4, 0.5) is 0 Å². The first-order valence-corrected chi connectivity index (χ1v) is 10.3. The van der Waals surface area contributed by atoms with Crippen LogP contribution in [0.15, 0.2) is 59.6 Å². The van der Waals surface area contributed by atoms with Gasteiger partial charge >= 0.3 is 0 Å². The number of nitrogens with zero attached hydrogens (tertiary/aromatic N) is 2. The molecular formula is C23H34IN5O2. The number of hydrogen-bond donors (Lipinski definition) is 3. The average molecular weight is 539 g/mol. The zero-order valence-electron chi connectivity index (χ0n) is 18.5. The van der Waals surface area contributed by atoms with Crippen molar-refractivity contribution in [2.45, 2.75) is 26.4 Å². The topological polar surface area (TPSA) is 92.0 Å². The molecule has 31 heavy (non-hydrogen) atoms. The fraction of sp³-hybridized carbons (Fsp3) is 0.391. The lowest BCUT2D eigenvalue weighted by molar-refractivity contribution is -0.119. The number of rotatable bonds is 11. The van der Waals surface area contributed by atoms with Crippen LogP contribution in [-0.4, -0.2) is 50.1 Å². The van der Waals surface area contributed by atoms with Gasteiger partial charge in [-0.2, -0.15) is 0 Å². The predicted octanol–water partition coefficient (Wildman–Crippen LogP) is 2.92. The number of likely N-dealkylation sites (N-methyl/N-ethyl adjacent to an activating group) is 1. The molecule has 0 fully saturated rings. The summed E-state index contributed by atoms with van der Waals surface area (Å²) < 4.78 is 5.37. The molecule has 170 valence electrons. The van der Waals surface area contributed by atoms with Gasteiger partial charge in [0.15, 0.2) is 12.6 Å². The molecule has 0 heterocycles. The van der Waals surface area contributed by atoms with Crippen LogP contribution in [0.1, 0.15) is 31.0 Å². The summed E-state index contributed by atoms with van der Waals surface area (Å²) in [5.74, 6) is 0.845. The third-order valence-corrected chi connectivity index (χ3v) is 4.86. The number of benzene rings is 2. The number of carbonyl (C=O) groups is 1. The summed E-state index contributed by atoms with van der Waals surface area (Å²) in [6.07, 6.45) is 0. The monoisotopic (exact) mass is 539 g/mol. The quantitative estimate of drug-likeness (QED) is 0.232. The van der Waals surface area contributed by atoms with E-state index in [9.17, 15) is 4.79 Å². The molecule has 0 aromatic heterocycles. The highest BCUT2D eigenvalue weighted by atomic mass is 127. The molecule has 2 aromatic carbocycles. The van der Waals surface area contributed by atoms with Crippen molar-refractivity contribution in [3.05, 3.63) is 65.7 Å². The summed E-state index contributed by atoms with van der Waals surface area (Å²) in [6.45, 7) is 7.50. The number of carbonyl (C=O) groups excluding carboxylic acids is 1. The van der Waals surface area contributed by atoms with Gasteiger partial charge in [-0.3, -0.25) is 14.7 Å². The first-order valence-electron chi connectivity index (χ1n) is 10.3. The van der Waals surface area contributed by atoms with Gasteiger partial charge in [0.05, 0.1) is 6.04 Å². The van der Waals surface area contributed by atoms with E-state index in [1.807, 2.05) is 24.3 Å². The molecule has 0 radical (unpaired) electrons. The van der Waals surface area contributed by atoms with Crippen molar-refractivity contribution in [2.24, 2.45) is 10.7 Å². The van der Waals surface area contributed by atoms with Crippen LogP contribution >= 0.6 is 24.0 Å². The minimum atomic E-state index is -0.496. The van der Waals surface area contributed by atoms with E-state index in [4.69, 9.17) is 10.5 Å². The Labute approximate surface area is 202 Å². The van der Waals surface area contributed by atoms with Gasteiger partial charge in [0.1, 0.15) is 5.75 Å². The van der Waals surface area contributed by atoms with Gasteiger partial charge in [-0.05, 0) is 36.3 Å². The summed E-state index contributed by atoms with van der Waals surface area (Å²) in [6, 6.07) is 18.3. The molecule has 0 aliphatic carbocycles. The minimum Gasteiger partial charge on any atom is -0.484 e. The molecule has 1 atom stereocenters. The first kappa shape index (κ1) is 26.7. The largest absolute Gasteiger partial charge is 0.484 e. The molecule has 7 nitrogen and oxygen atoms in total. The molecule has 0 saturated carbocycles. The van der Waals surface area contributed by atoms with Gasteiger partial charge in [0.25, 0.3) is 5.91 Å². The van der Waals surface area contributed by atoms with Crippen molar-refractivity contribution < 1.29 is 9.53 Å². The normalized spacial score (nSPS) is 12.1. The Balaban J connectivity index is 0.00000480. The summed E-state index contributed by atoms with van der Waals surface area (Å²) in [4.78, 5) is 17.7. The Hall–Kier alpha value is -2.33. The van der Waals surface area contributed by atoms with Crippen molar-refractivity contribution in [3.8, 4) is 5.75 Å². The second-order valence-corrected chi connectivity index (χ2v) is 6.86. The van der Waals surface area contributed by atoms with E-state index < -0.39 is 5.91 Å². The lowest BCUT2D eigenvalue weighted by atomic mass is 10.1. The number of ether oxygens (including phenoxy) is 1. The number of aliphatic imine (C=N–C) groups is 1. The first-order chi connectivity index (χ1) is 14.6. The zero-order valence-corrected chi connectivity index (χ0v) is 20.8. The highest BCUT2D eigenvalue weighted by Gasteiger charge is 2.18. The van der Waals surface area contributed by atoms with E-state index in [-0.39, 0.29) is 36.6 Å². The van der Waals surface area contributed by atoms with E-state index in [1.165, 1.54) is 5.56 Å². The van der Waals surface area contributed by atoms with Gasteiger partial charge in [-0.15, -0.1) is 24.0 Å². The maximum atomic E-state index is 10.9. The van der Waals surface area contributed by atoms with E-state index >= 15 is 0 Å². The maximum absolute atomic E-state index is 10.9. The van der Waals surface area contributed by atoms with E-state index in [0.29, 0.717) is 12.3 Å². The Kier molecular flexibility index (Phi) is 12.6. The van der Waals surface area contributed by atoms with Gasteiger partial charge in [0.2, 0.25) is 0 Å². The maximum Gasteiger partial charge on any atom is 0.255 e. The molecule has 2 aromatic rings. The Bertz CT molecular complexity index is 813. The van der Waals surface area contributed by atoms with E-state index in [2.05, 4.69) is 58.6 Å². The number of amides is 1. The Morgan fingerprint density at radius 2 is 1.81 bits per heavy atom. The van der Waals surface area contributed by atoms with Crippen molar-refractivity contribution in [1.82, 2.24) is 15.5 Å². The average Bonchev–Trinajstić information content (AvgIpc) is 2.78. The second kappa shape index (κ2) is 14.6. The van der Waals surface area contributed by atoms with Gasteiger partial charge < -0.3 is 21.1 Å². The van der Waals surface area contributed by atoms with Crippen molar-refractivity contribution in [3.63, 3.8) is 0 Å². The fourth-order valence-electron chi connectivity index (χ4n) is 3.30. The fourth-order valence-corrected chi connectivity index (χ4v) is 3.30. The molecule has 0 spiro atoms. The van der Waals surface area contributed by atoms with Crippen LogP contribution in [0.3, 0.4) is 0 Å². The summed E-state index contributed by atoms with van der Waals surface area (Å²) in [5, 5.41) is 6.78. The third kappa shape index (κ3) is 9.14. The number of hydrogen-bond acceptors (Lipinski definition) is 4. The minimum absolute atomic E-state index is 0. The van der Waals surface area contributed by atoms with Crippen LogP contribution < -0.4 is 21.1 Å². The number of guanidine groups is 1. The van der Waals surface area contributed by atoms with Crippen LogP contribution in [0.5, 0.6) is 5.75 Å². The van der Waals surface area contributed by atoms with Gasteiger partial charge in [0, 0.05) is 20.1 Å². The second-order valence-electron chi connectivity index (χ2n) is 6.86. The van der Waals surface area contributed by atoms with Gasteiger partial charge in [-0.1, -0.05) is 56.3 Å². The number of primary amides is 1. The molecule has 8 heteroatoms. The van der Waals surface area contributed by atoms with Crippen LogP contribution in [0.2, 0.25) is 0 Å². The highest BCUT2D eigenvalue weighted by Crippen LogP contribution is 2.19. The molecular weight excluding hydrogens is 505 g/mol.